The Balaban J connectivity index is 2.57. The van der Waals surface area contributed by atoms with Gasteiger partial charge in [-0.05, 0) is 27.7 Å². The molecule has 0 aromatic carbocycles. The summed E-state index contributed by atoms with van der Waals surface area (Å²) in [5.74, 6) is 0.491. The number of nitrogens with zero attached hydrogens (tertiary/aromatic N) is 2. The van der Waals surface area contributed by atoms with E-state index in [1.807, 2.05) is 0 Å². The van der Waals surface area contributed by atoms with Gasteiger partial charge in [0, 0.05) is 12.4 Å². The van der Waals surface area contributed by atoms with E-state index in [0.717, 1.165) is 0 Å². The third-order valence-corrected chi connectivity index (χ3v) is 1.81. The summed E-state index contributed by atoms with van der Waals surface area (Å²) in [6.45, 7) is 7.18. The van der Waals surface area contributed by atoms with Crippen molar-refractivity contribution in [3.63, 3.8) is 0 Å². The fourth-order valence-electron chi connectivity index (χ4n) is 1.12. The van der Waals surface area contributed by atoms with Gasteiger partial charge in [0.1, 0.15) is 19.3 Å². The third kappa shape index (κ3) is 4.84. The number of rotatable bonds is 2. The first-order chi connectivity index (χ1) is 7.78. The Morgan fingerprint density at radius 1 is 1.41 bits per heavy atom. The van der Waals surface area contributed by atoms with Crippen molar-refractivity contribution in [3.05, 3.63) is 18.2 Å². The van der Waals surface area contributed by atoms with Gasteiger partial charge in [-0.2, -0.15) is 0 Å². The third-order valence-electron chi connectivity index (χ3n) is 1.81. The van der Waals surface area contributed by atoms with Gasteiger partial charge in [-0.1, -0.05) is 5.46 Å². The van der Waals surface area contributed by atoms with Crippen LogP contribution in [-0.4, -0.2) is 29.5 Å². The zero-order chi connectivity index (χ0) is 13.1. The molecule has 1 N–H and O–H groups in total. The van der Waals surface area contributed by atoms with Crippen molar-refractivity contribution < 1.29 is 9.53 Å². The molecule has 1 amide bonds. The molecule has 0 saturated carbocycles. The summed E-state index contributed by atoms with van der Waals surface area (Å²) in [6, 6.07) is -0.328. The topological polar surface area (TPSA) is 64.1 Å². The molecular weight excluding hydrogens is 217 g/mol. The zero-order valence-corrected chi connectivity index (χ0v) is 10.5. The Morgan fingerprint density at radius 3 is 2.41 bits per heavy atom. The molecule has 0 saturated heterocycles. The Kier molecular flexibility index (Phi) is 4.09. The van der Waals surface area contributed by atoms with Gasteiger partial charge in [0.2, 0.25) is 0 Å². The summed E-state index contributed by atoms with van der Waals surface area (Å²) in [5.41, 5.74) is -0.0376. The van der Waals surface area contributed by atoms with Crippen molar-refractivity contribution in [1.82, 2.24) is 15.3 Å². The molecule has 0 aliphatic heterocycles. The van der Waals surface area contributed by atoms with Crippen LogP contribution in [0.5, 0.6) is 0 Å². The number of carbonyl (C=O) groups is 1. The lowest BCUT2D eigenvalue weighted by molar-refractivity contribution is 0.0506. The van der Waals surface area contributed by atoms with Crippen LogP contribution in [0, 0.1) is 0 Å². The highest BCUT2D eigenvalue weighted by Crippen LogP contribution is 2.09. The van der Waals surface area contributed by atoms with E-state index in [1.165, 1.54) is 12.4 Å². The van der Waals surface area contributed by atoms with Gasteiger partial charge in [0.25, 0.3) is 0 Å². The fraction of sp³-hybridized carbons (Fsp3) is 0.545. The van der Waals surface area contributed by atoms with Crippen LogP contribution >= 0.6 is 0 Å². The molecule has 1 aromatic heterocycles. The van der Waals surface area contributed by atoms with E-state index in [0.29, 0.717) is 11.3 Å². The van der Waals surface area contributed by atoms with Gasteiger partial charge in [0.15, 0.2) is 0 Å². The van der Waals surface area contributed by atoms with Crippen molar-refractivity contribution in [2.24, 2.45) is 0 Å². The van der Waals surface area contributed by atoms with Crippen molar-refractivity contribution in [2.75, 3.05) is 0 Å². The van der Waals surface area contributed by atoms with Crippen LogP contribution in [-0.2, 0) is 4.74 Å². The maximum atomic E-state index is 11.5. The highest BCUT2D eigenvalue weighted by atomic mass is 16.6. The highest BCUT2D eigenvalue weighted by Gasteiger charge is 2.19. The number of carbonyl (C=O) groups excluding carboxylic acids is 1. The lowest BCUT2D eigenvalue weighted by Crippen LogP contribution is -2.34. The van der Waals surface area contributed by atoms with E-state index in [-0.39, 0.29) is 6.04 Å². The minimum absolute atomic E-state index is 0.328. The molecule has 90 valence electrons. The molecule has 1 aromatic rings. The van der Waals surface area contributed by atoms with Gasteiger partial charge in [-0.15, -0.1) is 0 Å². The summed E-state index contributed by atoms with van der Waals surface area (Å²) in [5, 5.41) is 2.65. The van der Waals surface area contributed by atoms with Crippen molar-refractivity contribution >= 4 is 19.4 Å². The van der Waals surface area contributed by atoms with Crippen LogP contribution in [0.25, 0.3) is 0 Å². The molecule has 2 radical (unpaired) electrons. The number of nitrogens with one attached hydrogen (secondary N) is 1. The van der Waals surface area contributed by atoms with E-state index in [4.69, 9.17) is 12.6 Å². The molecule has 1 atom stereocenters. The SMILES string of the molecule is [B]c1cnc(C(C)NC(=O)OC(C)(C)C)nc1. The normalized spacial score (nSPS) is 12.9. The molecule has 5 nitrogen and oxygen atoms in total. The van der Waals surface area contributed by atoms with Crippen molar-refractivity contribution in [1.29, 1.82) is 0 Å². The van der Waals surface area contributed by atoms with Crippen LogP contribution in [0.1, 0.15) is 39.6 Å². The number of hydrogen-bond acceptors (Lipinski definition) is 4. The largest absolute Gasteiger partial charge is 0.444 e. The molecule has 1 rings (SSSR count). The quantitative estimate of drug-likeness (QED) is 0.769. The smallest absolute Gasteiger partial charge is 0.408 e. The maximum Gasteiger partial charge on any atom is 0.408 e. The molecular formula is C11H16BN3O2. The van der Waals surface area contributed by atoms with Crippen LogP contribution < -0.4 is 10.8 Å². The highest BCUT2D eigenvalue weighted by molar-refractivity contribution is 6.31. The lowest BCUT2D eigenvalue weighted by Gasteiger charge is -2.21. The Bertz CT molecular complexity index is 387. The second-order valence-corrected chi connectivity index (χ2v) is 4.74. The lowest BCUT2D eigenvalue weighted by atomic mass is 10.0. The Labute approximate surface area is 102 Å². The van der Waals surface area contributed by atoms with Gasteiger partial charge < -0.3 is 10.1 Å². The second-order valence-electron chi connectivity index (χ2n) is 4.74. The maximum absolute atomic E-state index is 11.5. The molecule has 0 bridgehead atoms. The summed E-state index contributed by atoms with van der Waals surface area (Å²) in [7, 11) is 5.47. The molecule has 0 aliphatic rings. The van der Waals surface area contributed by atoms with Crippen LogP contribution in [0.2, 0.25) is 0 Å². The molecule has 1 heterocycles. The van der Waals surface area contributed by atoms with Crippen molar-refractivity contribution in [3.8, 4) is 0 Å². The monoisotopic (exact) mass is 233 g/mol. The van der Waals surface area contributed by atoms with Gasteiger partial charge in [0.05, 0.1) is 6.04 Å². The van der Waals surface area contributed by atoms with Crippen LogP contribution in [0.3, 0.4) is 0 Å². The van der Waals surface area contributed by atoms with Crippen molar-refractivity contribution in [2.45, 2.75) is 39.3 Å². The molecule has 6 heteroatoms. The van der Waals surface area contributed by atoms with Crippen LogP contribution in [0.15, 0.2) is 12.4 Å². The van der Waals surface area contributed by atoms with Gasteiger partial charge in [-0.25, -0.2) is 14.8 Å². The van der Waals surface area contributed by atoms with E-state index in [1.54, 1.807) is 27.7 Å². The minimum atomic E-state index is -0.522. The first-order valence-electron chi connectivity index (χ1n) is 5.35. The molecule has 0 fully saturated rings. The number of alkyl carbamates (subject to hydrolysis) is 1. The Hall–Kier alpha value is -1.59. The van der Waals surface area contributed by atoms with Gasteiger partial charge >= 0.3 is 6.09 Å². The fourth-order valence-corrected chi connectivity index (χ4v) is 1.12. The van der Waals surface area contributed by atoms with E-state index < -0.39 is 11.7 Å². The first kappa shape index (κ1) is 13.5. The van der Waals surface area contributed by atoms with E-state index >= 15 is 0 Å². The second kappa shape index (κ2) is 5.16. The Morgan fingerprint density at radius 2 is 1.94 bits per heavy atom. The van der Waals surface area contributed by atoms with E-state index in [2.05, 4.69) is 15.3 Å². The van der Waals surface area contributed by atoms with E-state index in [9.17, 15) is 4.79 Å². The summed E-state index contributed by atoms with van der Waals surface area (Å²) in [4.78, 5) is 19.5. The van der Waals surface area contributed by atoms with Crippen LogP contribution in [0.4, 0.5) is 4.79 Å². The first-order valence-corrected chi connectivity index (χ1v) is 5.35. The molecule has 1 unspecified atom stereocenters. The number of ether oxygens (including phenoxy) is 1. The summed E-state index contributed by atoms with van der Waals surface area (Å²) >= 11 is 0. The summed E-state index contributed by atoms with van der Waals surface area (Å²) < 4.78 is 5.12. The summed E-state index contributed by atoms with van der Waals surface area (Å²) in [6.07, 6.45) is 2.50. The predicted octanol–water partition coefficient (Wildman–Crippen LogP) is 0.856. The minimum Gasteiger partial charge on any atom is -0.444 e. The number of amides is 1. The molecule has 17 heavy (non-hydrogen) atoms. The number of aromatic nitrogens is 2. The average molecular weight is 233 g/mol. The average Bonchev–Trinajstić information content (AvgIpc) is 2.15. The standard InChI is InChI=1S/C11H16BN3O2/c1-7(9-13-5-8(12)6-14-9)15-10(16)17-11(2,3)4/h5-7H,1-4H3,(H,15,16). The van der Waals surface area contributed by atoms with Gasteiger partial charge in [-0.3, -0.25) is 0 Å². The number of hydrogen-bond donors (Lipinski definition) is 1. The predicted molar refractivity (Wildman–Crippen MR) is 65.2 cm³/mol. The zero-order valence-electron chi connectivity index (χ0n) is 10.5. The molecule has 0 spiro atoms. The molecule has 0 aliphatic carbocycles.